The first kappa shape index (κ1) is 25.8. The maximum Gasteiger partial charge on any atom is 0.283 e. The van der Waals surface area contributed by atoms with Crippen LogP contribution in [0.2, 0.25) is 0 Å². The summed E-state index contributed by atoms with van der Waals surface area (Å²) in [5.74, 6) is -0.998. The maximum absolute atomic E-state index is 15.5. The number of carbonyl (C=O) groups is 1. The molecule has 0 N–H and O–H groups in total. The molecule has 6 rings (SSSR count). The zero-order chi connectivity index (χ0) is 28.3. The van der Waals surface area contributed by atoms with E-state index < -0.39 is 23.0 Å². The normalized spacial score (nSPS) is 15.8. The van der Waals surface area contributed by atoms with Gasteiger partial charge in [0.2, 0.25) is 5.96 Å². The second-order valence-electron chi connectivity index (χ2n) is 10.7. The molecule has 0 bridgehead atoms. The predicted octanol–water partition coefficient (Wildman–Crippen LogP) is 5.82. The van der Waals surface area contributed by atoms with Gasteiger partial charge in [-0.25, -0.2) is 23.1 Å². The molecule has 40 heavy (non-hydrogen) atoms. The minimum absolute atomic E-state index is 0.0552. The highest BCUT2D eigenvalue weighted by Gasteiger charge is 2.45. The lowest BCUT2D eigenvalue weighted by atomic mass is 10.0. The van der Waals surface area contributed by atoms with Crippen LogP contribution in [0.3, 0.4) is 0 Å². The third-order valence-corrected chi connectivity index (χ3v) is 7.17. The number of aliphatic imine (C=N–C) groups is 1. The Kier molecular flexibility index (Phi) is 6.01. The molecule has 0 aliphatic carbocycles. The number of anilines is 1. The van der Waals surface area contributed by atoms with Gasteiger partial charge in [-0.3, -0.25) is 19.6 Å². The molecule has 0 saturated carbocycles. The highest BCUT2D eigenvalue weighted by atomic mass is 19.1. The number of benzene rings is 2. The van der Waals surface area contributed by atoms with Crippen LogP contribution in [0.15, 0.2) is 59.7 Å². The number of amides is 1. The van der Waals surface area contributed by atoms with Gasteiger partial charge in [-0.1, -0.05) is 18.2 Å². The topological polar surface area (TPSA) is 66.6 Å². The molecule has 7 nitrogen and oxygen atoms in total. The zero-order valence-electron chi connectivity index (χ0n) is 22.5. The van der Waals surface area contributed by atoms with Gasteiger partial charge in [-0.2, -0.15) is 0 Å². The molecule has 204 valence electrons. The monoisotopic (exact) mass is 544 g/mol. The molecule has 4 aromatic rings. The van der Waals surface area contributed by atoms with E-state index in [4.69, 9.17) is 9.98 Å². The first-order valence-corrected chi connectivity index (χ1v) is 13.0. The number of carbonyl (C=O) groups excluding carboxylic acids is 1. The van der Waals surface area contributed by atoms with Crippen LogP contribution < -0.4 is 4.90 Å². The lowest BCUT2D eigenvalue weighted by Gasteiger charge is -2.34. The fourth-order valence-corrected chi connectivity index (χ4v) is 5.36. The van der Waals surface area contributed by atoms with Crippen LogP contribution in [-0.4, -0.2) is 49.9 Å². The van der Waals surface area contributed by atoms with Crippen LogP contribution in [0.4, 0.5) is 19.0 Å². The Bertz CT molecular complexity index is 1710. The van der Waals surface area contributed by atoms with E-state index in [9.17, 15) is 13.6 Å². The average molecular weight is 545 g/mol. The molecule has 2 aromatic heterocycles. The van der Waals surface area contributed by atoms with Crippen molar-refractivity contribution in [1.82, 2.24) is 19.4 Å². The Morgan fingerprint density at radius 3 is 2.48 bits per heavy atom. The molecule has 2 aliphatic heterocycles. The standard InChI is InChI=1S/C30H27F3N6O/c1-5-37-28(40)25-27(39-16-30(3,4)36-29(37)39)38(15-20-6-8-21(31)14-23(20)32)26(35-25)19-7-9-22(24(33)13-19)18-10-11-34-17(2)12-18/h6-14H,5,15-16H2,1-4H3. The molecular formula is C30H27F3N6O. The Labute approximate surface area is 229 Å². The van der Waals surface area contributed by atoms with Crippen LogP contribution >= 0.6 is 0 Å². The molecule has 1 amide bonds. The van der Waals surface area contributed by atoms with Gasteiger partial charge in [0.15, 0.2) is 5.69 Å². The number of fused-ring (bicyclic) bond motifs is 3. The van der Waals surface area contributed by atoms with Gasteiger partial charge in [0.25, 0.3) is 5.91 Å². The Hall–Kier alpha value is -4.47. The predicted molar refractivity (Wildman–Crippen MR) is 147 cm³/mol. The van der Waals surface area contributed by atoms with E-state index in [0.717, 1.165) is 11.8 Å². The van der Waals surface area contributed by atoms with E-state index in [1.54, 1.807) is 39.9 Å². The number of pyridine rings is 1. The third kappa shape index (κ3) is 4.24. The van der Waals surface area contributed by atoms with Crippen molar-refractivity contribution >= 4 is 17.7 Å². The third-order valence-electron chi connectivity index (χ3n) is 7.17. The van der Waals surface area contributed by atoms with E-state index in [-0.39, 0.29) is 23.7 Å². The van der Waals surface area contributed by atoms with E-state index in [2.05, 4.69) is 4.98 Å². The average Bonchev–Trinajstić information content (AvgIpc) is 3.43. The summed E-state index contributed by atoms with van der Waals surface area (Å²) in [4.78, 5) is 30.8. The molecule has 0 unspecified atom stereocenters. The Morgan fingerprint density at radius 2 is 1.77 bits per heavy atom. The fraction of sp³-hybridized carbons (Fsp3) is 0.267. The van der Waals surface area contributed by atoms with Gasteiger partial charge in [-0.15, -0.1) is 0 Å². The number of guanidine groups is 1. The first-order chi connectivity index (χ1) is 19.1. The van der Waals surface area contributed by atoms with Gasteiger partial charge in [0.05, 0.1) is 18.6 Å². The number of rotatable bonds is 5. The molecule has 2 aliphatic rings. The summed E-state index contributed by atoms with van der Waals surface area (Å²) in [6, 6.07) is 11.6. The Balaban J connectivity index is 1.55. The number of hydrogen-bond donors (Lipinski definition) is 0. The van der Waals surface area contributed by atoms with Crippen molar-refractivity contribution < 1.29 is 18.0 Å². The first-order valence-electron chi connectivity index (χ1n) is 13.0. The number of hydrogen-bond acceptors (Lipinski definition) is 5. The van der Waals surface area contributed by atoms with Gasteiger partial charge in [-0.05, 0) is 57.5 Å². The van der Waals surface area contributed by atoms with E-state index in [0.29, 0.717) is 47.4 Å². The number of aromatic nitrogens is 3. The van der Waals surface area contributed by atoms with Crippen LogP contribution in [0.1, 0.15) is 42.5 Å². The SMILES string of the molecule is CCN1C(=O)c2nc(-c3ccc(-c4ccnc(C)c4)c(F)c3)n(Cc3ccc(F)cc3F)c2N2CC(C)(C)N=C12. The maximum atomic E-state index is 15.5. The second-order valence-corrected chi connectivity index (χ2v) is 10.7. The van der Waals surface area contributed by atoms with Crippen LogP contribution in [0, 0.1) is 24.4 Å². The zero-order valence-corrected chi connectivity index (χ0v) is 22.5. The van der Waals surface area contributed by atoms with Crippen LogP contribution in [0.25, 0.3) is 22.5 Å². The summed E-state index contributed by atoms with van der Waals surface area (Å²) in [7, 11) is 0. The van der Waals surface area contributed by atoms with Crippen molar-refractivity contribution in [3.8, 4) is 22.5 Å². The van der Waals surface area contributed by atoms with Gasteiger partial charge in [0.1, 0.15) is 29.1 Å². The summed E-state index contributed by atoms with van der Waals surface area (Å²) >= 11 is 0. The summed E-state index contributed by atoms with van der Waals surface area (Å²) in [6.45, 7) is 8.41. The summed E-state index contributed by atoms with van der Waals surface area (Å²) in [5, 5.41) is 0. The molecule has 0 spiro atoms. The number of halogens is 3. The molecule has 0 atom stereocenters. The number of nitrogens with zero attached hydrogens (tertiary/aromatic N) is 6. The fourth-order valence-electron chi connectivity index (χ4n) is 5.36. The van der Waals surface area contributed by atoms with Gasteiger partial charge >= 0.3 is 0 Å². The smallest absolute Gasteiger partial charge is 0.283 e. The highest BCUT2D eigenvalue weighted by molar-refractivity contribution is 6.18. The minimum atomic E-state index is -0.726. The quantitative estimate of drug-likeness (QED) is 0.318. The van der Waals surface area contributed by atoms with Crippen LogP contribution in [0.5, 0.6) is 0 Å². The van der Waals surface area contributed by atoms with Crippen molar-refractivity contribution in [2.45, 2.75) is 39.8 Å². The molecule has 10 heteroatoms. The van der Waals surface area contributed by atoms with Crippen molar-refractivity contribution in [2.75, 3.05) is 18.0 Å². The van der Waals surface area contributed by atoms with Crippen molar-refractivity contribution in [2.24, 2.45) is 4.99 Å². The molecule has 0 saturated heterocycles. The molecular weight excluding hydrogens is 517 g/mol. The molecule has 4 heterocycles. The van der Waals surface area contributed by atoms with Crippen LogP contribution in [-0.2, 0) is 6.54 Å². The summed E-state index contributed by atoms with van der Waals surface area (Å²) in [6.07, 6.45) is 1.62. The Morgan fingerprint density at radius 1 is 0.975 bits per heavy atom. The lowest BCUT2D eigenvalue weighted by Crippen LogP contribution is -2.51. The molecule has 0 fully saturated rings. The summed E-state index contributed by atoms with van der Waals surface area (Å²) < 4.78 is 45.8. The van der Waals surface area contributed by atoms with Gasteiger partial charge < -0.3 is 4.57 Å². The van der Waals surface area contributed by atoms with Gasteiger partial charge in [0, 0.05) is 41.2 Å². The van der Waals surface area contributed by atoms with E-state index in [1.807, 2.05) is 32.6 Å². The highest BCUT2D eigenvalue weighted by Crippen LogP contribution is 2.39. The second kappa shape index (κ2) is 9.32. The van der Waals surface area contributed by atoms with Crippen molar-refractivity contribution in [3.05, 3.63) is 89.1 Å². The van der Waals surface area contributed by atoms with Crippen molar-refractivity contribution in [1.29, 1.82) is 0 Å². The van der Waals surface area contributed by atoms with E-state index in [1.165, 1.54) is 18.2 Å². The number of aryl methyl sites for hydroxylation is 1. The number of imidazole rings is 1. The minimum Gasteiger partial charge on any atom is -0.305 e. The molecule has 2 aromatic carbocycles. The lowest BCUT2D eigenvalue weighted by molar-refractivity contribution is 0.0841. The summed E-state index contributed by atoms with van der Waals surface area (Å²) in [5.41, 5.74) is 2.14. The molecule has 0 radical (unpaired) electrons. The van der Waals surface area contributed by atoms with E-state index >= 15 is 4.39 Å². The van der Waals surface area contributed by atoms with Crippen molar-refractivity contribution in [3.63, 3.8) is 0 Å². The largest absolute Gasteiger partial charge is 0.305 e.